The third-order valence-corrected chi connectivity index (χ3v) is 12.3. The van der Waals surface area contributed by atoms with Crippen molar-refractivity contribution < 1.29 is 28.7 Å². The highest BCUT2D eigenvalue weighted by Crippen LogP contribution is 2.40. The first-order valence-corrected chi connectivity index (χ1v) is 21.5. The Morgan fingerprint density at radius 2 is 1.48 bits per heavy atom. The lowest BCUT2D eigenvalue weighted by atomic mass is 9.93. The zero-order chi connectivity index (χ0) is 42.8. The molecular formula is C46H60N8O6. The molecule has 1 saturated heterocycles. The SMILES string of the molecule is CC[C@@H](c1ncc(-c2ccc(-c3cc(-c4cnc([C@@H]5CC(C)CN5C(=O)[C@@H](NC(=O)OC)C(C)C)[nH]4)cc4c3CCC4)cc2)[nH]1)N(C(=O)[C@@H](NC(=O)OC)C(C)C)C1CC1. The molecule has 2 aliphatic carbocycles. The van der Waals surface area contributed by atoms with Gasteiger partial charge in [0.05, 0.1) is 50.1 Å². The number of rotatable bonds is 14. The Labute approximate surface area is 352 Å². The number of aromatic nitrogens is 4. The number of amides is 4. The average Bonchev–Trinajstić information content (AvgIpc) is 3.65. The number of aromatic amines is 2. The lowest BCUT2D eigenvalue weighted by molar-refractivity contribution is -0.138. The van der Waals surface area contributed by atoms with Crippen LogP contribution in [0.2, 0.25) is 0 Å². The van der Waals surface area contributed by atoms with E-state index >= 15 is 0 Å². The van der Waals surface area contributed by atoms with Crippen molar-refractivity contribution in [2.24, 2.45) is 17.8 Å². The molecule has 7 rings (SSSR count). The van der Waals surface area contributed by atoms with Crippen molar-refractivity contribution >= 4 is 24.0 Å². The number of nitrogens with zero attached hydrogens (tertiary/aromatic N) is 4. The van der Waals surface area contributed by atoms with Gasteiger partial charge >= 0.3 is 12.2 Å². The minimum absolute atomic E-state index is 0.103. The van der Waals surface area contributed by atoms with Crippen LogP contribution >= 0.6 is 0 Å². The number of H-pyrrole nitrogens is 2. The summed E-state index contributed by atoms with van der Waals surface area (Å²) in [5.41, 5.74) is 8.81. The fourth-order valence-electron chi connectivity index (χ4n) is 9.00. The molecule has 3 aliphatic rings. The van der Waals surface area contributed by atoms with Crippen molar-refractivity contribution in [1.29, 1.82) is 0 Å². The molecule has 2 aromatic heterocycles. The standard InChI is InChI=1S/C46H60N8O6/c1-9-37(54(32-17-18-32)44(56)40(26(4)5)52-46(58)60-8)41-47-22-35(49-41)29-15-13-28(14-16-29)34-21-31(20-30-11-10-12-33(30)34)36-23-48-42(50-36)38-19-27(6)24-53(38)43(55)39(25(2)3)51-45(57)59-7/h13-16,20-23,25-27,32,37-40H,9-12,17-19,24H2,1-8H3,(H,47,49)(H,48,50)(H,51,57)(H,52,58)/t27?,37-,38-,39-,40-/m0/s1. The number of likely N-dealkylation sites (tertiary alicyclic amines) is 1. The number of aryl methyl sites for hydroxylation is 1. The molecule has 60 heavy (non-hydrogen) atoms. The lowest BCUT2D eigenvalue weighted by Gasteiger charge is -2.34. The largest absolute Gasteiger partial charge is 0.453 e. The Morgan fingerprint density at radius 3 is 2.12 bits per heavy atom. The zero-order valence-corrected chi connectivity index (χ0v) is 36.1. The van der Waals surface area contributed by atoms with E-state index in [-0.39, 0.29) is 47.7 Å². The Morgan fingerprint density at radius 1 is 0.850 bits per heavy atom. The molecule has 5 atom stereocenters. The number of methoxy groups -OCH3 is 2. The van der Waals surface area contributed by atoms with Gasteiger partial charge in [-0.15, -0.1) is 0 Å². The first-order valence-electron chi connectivity index (χ1n) is 21.5. The summed E-state index contributed by atoms with van der Waals surface area (Å²) in [7, 11) is 2.60. The summed E-state index contributed by atoms with van der Waals surface area (Å²) in [4.78, 5) is 72.7. The molecule has 0 radical (unpaired) electrons. The maximum absolute atomic E-state index is 14.0. The van der Waals surface area contributed by atoms with Crippen molar-refractivity contribution in [2.45, 2.75) is 117 Å². The number of fused-ring (bicyclic) bond motifs is 1. The molecule has 0 bridgehead atoms. The normalized spacial score (nSPS) is 18.9. The number of benzene rings is 2. The van der Waals surface area contributed by atoms with E-state index < -0.39 is 24.3 Å². The van der Waals surface area contributed by atoms with Crippen molar-refractivity contribution in [2.75, 3.05) is 20.8 Å². The molecule has 1 unspecified atom stereocenters. The van der Waals surface area contributed by atoms with Crippen LogP contribution in [-0.2, 0) is 31.9 Å². The highest BCUT2D eigenvalue weighted by molar-refractivity contribution is 5.87. The molecule has 1 aliphatic heterocycles. The molecular weight excluding hydrogens is 761 g/mol. The van der Waals surface area contributed by atoms with E-state index in [1.807, 2.05) is 49.9 Å². The molecule has 1 saturated carbocycles. The van der Waals surface area contributed by atoms with Crippen LogP contribution in [0.15, 0.2) is 48.8 Å². The van der Waals surface area contributed by atoms with Crippen molar-refractivity contribution in [3.8, 4) is 33.6 Å². The summed E-state index contributed by atoms with van der Waals surface area (Å²) < 4.78 is 9.65. The van der Waals surface area contributed by atoms with Gasteiger partial charge in [-0.1, -0.05) is 65.8 Å². The molecule has 3 heterocycles. The Balaban J connectivity index is 1.12. The summed E-state index contributed by atoms with van der Waals surface area (Å²) in [5.74, 6) is 1.23. The zero-order valence-electron chi connectivity index (χ0n) is 36.1. The predicted octanol–water partition coefficient (Wildman–Crippen LogP) is 7.74. The van der Waals surface area contributed by atoms with Crippen molar-refractivity contribution in [1.82, 2.24) is 40.4 Å². The Kier molecular flexibility index (Phi) is 12.7. The van der Waals surface area contributed by atoms with Crippen molar-refractivity contribution in [3.05, 3.63) is 71.6 Å². The van der Waals surface area contributed by atoms with Crippen LogP contribution in [0, 0.1) is 17.8 Å². The summed E-state index contributed by atoms with van der Waals surface area (Å²) >= 11 is 0. The van der Waals surface area contributed by atoms with Crippen LogP contribution in [0.1, 0.15) is 109 Å². The van der Waals surface area contributed by atoms with Crippen LogP contribution < -0.4 is 10.6 Å². The highest BCUT2D eigenvalue weighted by atomic mass is 16.5. The quantitative estimate of drug-likeness (QED) is 0.1000. The van der Waals surface area contributed by atoms with Crippen molar-refractivity contribution in [3.63, 3.8) is 0 Å². The maximum atomic E-state index is 14.0. The van der Waals surface area contributed by atoms with E-state index in [2.05, 4.69) is 70.8 Å². The van der Waals surface area contributed by atoms with Crippen LogP contribution in [0.25, 0.3) is 33.6 Å². The van der Waals surface area contributed by atoms with E-state index in [1.54, 1.807) is 0 Å². The smallest absolute Gasteiger partial charge is 0.407 e. The number of hydrogen-bond acceptors (Lipinski definition) is 8. The second-order valence-electron chi connectivity index (χ2n) is 17.4. The highest BCUT2D eigenvalue weighted by Gasteiger charge is 2.43. The van der Waals surface area contributed by atoms with Gasteiger partial charge in [-0.25, -0.2) is 19.6 Å². The van der Waals surface area contributed by atoms with Crippen LogP contribution in [0.3, 0.4) is 0 Å². The molecule has 4 amide bonds. The van der Waals surface area contributed by atoms with Gasteiger partial charge in [0.15, 0.2) is 0 Å². The molecule has 0 spiro atoms. The van der Waals surface area contributed by atoms with Gasteiger partial charge in [0.2, 0.25) is 11.8 Å². The monoisotopic (exact) mass is 820 g/mol. The fourth-order valence-corrected chi connectivity index (χ4v) is 9.00. The molecule has 2 fully saturated rings. The number of ether oxygens (including phenoxy) is 2. The molecule has 4 N–H and O–H groups in total. The number of hydrogen-bond donors (Lipinski definition) is 4. The van der Waals surface area contributed by atoms with Gasteiger partial charge in [0.1, 0.15) is 23.7 Å². The second-order valence-corrected chi connectivity index (χ2v) is 17.4. The minimum atomic E-state index is -0.706. The number of nitrogens with one attached hydrogen (secondary N) is 4. The topological polar surface area (TPSA) is 175 Å². The first-order chi connectivity index (χ1) is 28.8. The number of imidazole rings is 2. The van der Waals surface area contributed by atoms with Gasteiger partial charge in [0.25, 0.3) is 0 Å². The number of carbonyl (C=O) groups is 4. The van der Waals surface area contributed by atoms with E-state index in [0.717, 1.165) is 78.3 Å². The molecule has 2 aromatic carbocycles. The summed E-state index contributed by atoms with van der Waals surface area (Å²) in [6, 6.07) is 11.2. The van der Waals surface area contributed by atoms with E-state index in [0.29, 0.717) is 13.0 Å². The number of carbonyl (C=O) groups excluding carboxylic acids is 4. The number of alkyl carbamates (subject to hydrolysis) is 2. The fraction of sp³-hybridized carbons (Fsp3) is 0.522. The van der Waals surface area contributed by atoms with Crippen LogP contribution in [0.4, 0.5) is 9.59 Å². The average molecular weight is 821 g/mol. The van der Waals surface area contributed by atoms with Crippen LogP contribution in [0.5, 0.6) is 0 Å². The van der Waals surface area contributed by atoms with E-state index in [1.165, 1.54) is 30.9 Å². The predicted molar refractivity (Wildman–Crippen MR) is 229 cm³/mol. The first kappa shape index (κ1) is 42.5. The molecule has 4 aromatic rings. The van der Waals surface area contributed by atoms with Gasteiger partial charge in [0, 0.05) is 18.2 Å². The second kappa shape index (κ2) is 17.9. The summed E-state index contributed by atoms with van der Waals surface area (Å²) in [6.45, 7) is 12.4. The Bertz CT molecular complexity index is 2190. The summed E-state index contributed by atoms with van der Waals surface area (Å²) in [5, 5.41) is 5.49. The van der Waals surface area contributed by atoms with Gasteiger partial charge in [-0.2, -0.15) is 0 Å². The van der Waals surface area contributed by atoms with Crippen LogP contribution in [-0.4, -0.2) is 92.6 Å². The van der Waals surface area contributed by atoms with E-state index in [9.17, 15) is 19.2 Å². The van der Waals surface area contributed by atoms with Gasteiger partial charge in [-0.3, -0.25) is 9.59 Å². The van der Waals surface area contributed by atoms with Gasteiger partial charge < -0.3 is 39.9 Å². The molecule has 14 heteroatoms. The minimum Gasteiger partial charge on any atom is -0.453 e. The Hall–Kier alpha value is -5.66. The maximum Gasteiger partial charge on any atom is 0.407 e. The third-order valence-electron chi connectivity index (χ3n) is 12.3. The van der Waals surface area contributed by atoms with E-state index in [4.69, 9.17) is 19.4 Å². The lowest BCUT2D eigenvalue weighted by Crippen LogP contribution is -2.52. The summed E-state index contributed by atoms with van der Waals surface area (Å²) in [6.07, 6.45) is 8.85. The third kappa shape index (κ3) is 8.78. The molecule has 14 nitrogen and oxygen atoms in total. The molecule has 320 valence electrons. The van der Waals surface area contributed by atoms with Gasteiger partial charge in [-0.05, 0) is 103 Å².